The van der Waals surface area contributed by atoms with Gasteiger partial charge in [-0.2, -0.15) is 13.2 Å². The molecule has 0 bridgehead atoms. The maximum absolute atomic E-state index is 11.8. The molecule has 0 heterocycles. The number of nitrogens with one attached hydrogen (secondary N) is 2. The van der Waals surface area contributed by atoms with Crippen molar-refractivity contribution in [3.05, 3.63) is 0 Å². The SMILES string of the molecule is O=C(NCCCC(F)(F)F)N[C@H]1CC[C@@H](C(=O)O)C1. The van der Waals surface area contributed by atoms with Crippen LogP contribution in [0.4, 0.5) is 18.0 Å². The molecule has 1 aliphatic carbocycles. The minimum Gasteiger partial charge on any atom is -0.481 e. The largest absolute Gasteiger partial charge is 0.481 e. The number of hydrogen-bond acceptors (Lipinski definition) is 2. The van der Waals surface area contributed by atoms with Crippen molar-refractivity contribution in [3.8, 4) is 0 Å². The summed E-state index contributed by atoms with van der Waals surface area (Å²) in [7, 11) is 0. The van der Waals surface area contributed by atoms with E-state index in [-0.39, 0.29) is 19.0 Å². The number of amides is 2. The van der Waals surface area contributed by atoms with Crippen molar-refractivity contribution < 1.29 is 27.9 Å². The van der Waals surface area contributed by atoms with Gasteiger partial charge in [0.05, 0.1) is 5.92 Å². The molecule has 0 spiro atoms. The summed E-state index contributed by atoms with van der Waals surface area (Å²) >= 11 is 0. The molecule has 2 atom stereocenters. The molecule has 3 N–H and O–H groups in total. The smallest absolute Gasteiger partial charge is 0.389 e. The van der Waals surface area contributed by atoms with Gasteiger partial charge in [-0.05, 0) is 25.7 Å². The molecule has 0 radical (unpaired) electrons. The Hall–Kier alpha value is -1.47. The van der Waals surface area contributed by atoms with Gasteiger partial charge in [-0.15, -0.1) is 0 Å². The quantitative estimate of drug-likeness (QED) is 0.674. The van der Waals surface area contributed by atoms with Crippen LogP contribution in [0.2, 0.25) is 0 Å². The highest BCUT2D eigenvalue weighted by Gasteiger charge is 2.30. The second-order valence-corrected chi connectivity index (χ2v) is 4.66. The number of carbonyl (C=O) groups is 2. The third-order valence-corrected chi connectivity index (χ3v) is 3.04. The van der Waals surface area contributed by atoms with E-state index in [9.17, 15) is 22.8 Å². The van der Waals surface area contributed by atoms with E-state index in [0.29, 0.717) is 19.3 Å². The molecule has 110 valence electrons. The number of urea groups is 1. The molecule has 2 amide bonds. The number of halogens is 3. The zero-order valence-electron chi connectivity index (χ0n) is 10.3. The predicted octanol–water partition coefficient (Wildman–Crippen LogP) is 1.88. The topological polar surface area (TPSA) is 78.4 Å². The first kappa shape index (κ1) is 15.6. The fourth-order valence-corrected chi connectivity index (χ4v) is 2.06. The molecule has 5 nitrogen and oxygen atoms in total. The van der Waals surface area contributed by atoms with Crippen molar-refractivity contribution in [2.24, 2.45) is 5.92 Å². The van der Waals surface area contributed by atoms with Crippen molar-refractivity contribution in [2.45, 2.75) is 44.3 Å². The van der Waals surface area contributed by atoms with Crippen LogP contribution in [-0.4, -0.2) is 35.9 Å². The highest BCUT2D eigenvalue weighted by atomic mass is 19.4. The molecule has 19 heavy (non-hydrogen) atoms. The average molecular weight is 282 g/mol. The van der Waals surface area contributed by atoms with Crippen molar-refractivity contribution >= 4 is 12.0 Å². The minimum absolute atomic E-state index is 0.0551. The lowest BCUT2D eigenvalue weighted by Gasteiger charge is -2.13. The Morgan fingerprint density at radius 3 is 2.47 bits per heavy atom. The van der Waals surface area contributed by atoms with Gasteiger partial charge in [0, 0.05) is 19.0 Å². The minimum atomic E-state index is -4.21. The van der Waals surface area contributed by atoms with Gasteiger partial charge in [0.15, 0.2) is 0 Å². The molecule has 0 saturated heterocycles. The maximum Gasteiger partial charge on any atom is 0.389 e. The Labute approximate surface area is 108 Å². The van der Waals surface area contributed by atoms with Gasteiger partial charge in [-0.25, -0.2) is 4.79 Å². The standard InChI is InChI=1S/C11H17F3N2O3/c12-11(13,14)4-1-5-15-10(19)16-8-3-2-7(6-8)9(17)18/h7-8H,1-6H2,(H,17,18)(H2,15,16,19)/t7-,8+/m1/s1. The number of carbonyl (C=O) groups excluding carboxylic acids is 1. The summed E-state index contributed by atoms with van der Waals surface area (Å²) in [6.07, 6.45) is -3.86. The molecule has 1 aliphatic rings. The number of carboxylic acids is 1. The van der Waals surface area contributed by atoms with Crippen LogP contribution in [0.15, 0.2) is 0 Å². The lowest BCUT2D eigenvalue weighted by molar-refractivity contribution is -0.141. The highest BCUT2D eigenvalue weighted by Crippen LogP contribution is 2.25. The fourth-order valence-electron chi connectivity index (χ4n) is 2.06. The number of rotatable bonds is 5. The van der Waals surface area contributed by atoms with Crippen LogP contribution in [-0.2, 0) is 4.79 Å². The van der Waals surface area contributed by atoms with Gasteiger partial charge in [0.2, 0.25) is 0 Å². The van der Waals surface area contributed by atoms with Crippen molar-refractivity contribution in [1.82, 2.24) is 10.6 Å². The van der Waals surface area contributed by atoms with E-state index in [1.165, 1.54) is 0 Å². The van der Waals surface area contributed by atoms with Crippen molar-refractivity contribution in [1.29, 1.82) is 0 Å². The van der Waals surface area contributed by atoms with Crippen LogP contribution in [0.1, 0.15) is 32.1 Å². The van der Waals surface area contributed by atoms with Gasteiger partial charge < -0.3 is 15.7 Å². The summed E-state index contributed by atoms with van der Waals surface area (Å²) in [6, 6.07) is -0.762. The average Bonchev–Trinajstić information content (AvgIpc) is 2.71. The first-order valence-electron chi connectivity index (χ1n) is 6.12. The van der Waals surface area contributed by atoms with E-state index in [4.69, 9.17) is 5.11 Å². The Kier molecular flexibility index (Phi) is 5.44. The van der Waals surface area contributed by atoms with E-state index >= 15 is 0 Å². The third-order valence-electron chi connectivity index (χ3n) is 3.04. The molecule has 8 heteroatoms. The van der Waals surface area contributed by atoms with Crippen LogP contribution in [0.25, 0.3) is 0 Å². The Bertz CT molecular complexity index is 334. The zero-order valence-corrected chi connectivity index (χ0v) is 10.3. The Balaban J connectivity index is 2.13. The van der Waals surface area contributed by atoms with Crippen LogP contribution in [0, 0.1) is 5.92 Å². The van der Waals surface area contributed by atoms with Gasteiger partial charge in [-0.3, -0.25) is 4.79 Å². The summed E-state index contributed by atoms with van der Waals surface area (Å²) in [4.78, 5) is 22.1. The maximum atomic E-state index is 11.8. The van der Waals surface area contributed by atoms with Crippen LogP contribution < -0.4 is 10.6 Å². The number of carboxylic acid groups (broad SMARTS) is 1. The Morgan fingerprint density at radius 2 is 1.95 bits per heavy atom. The lowest BCUT2D eigenvalue weighted by Crippen LogP contribution is -2.41. The molecule has 1 rings (SSSR count). The second-order valence-electron chi connectivity index (χ2n) is 4.66. The highest BCUT2D eigenvalue weighted by molar-refractivity contribution is 5.75. The Morgan fingerprint density at radius 1 is 1.26 bits per heavy atom. The molecule has 0 aromatic carbocycles. The van der Waals surface area contributed by atoms with E-state index in [1.807, 2.05) is 0 Å². The summed E-state index contributed by atoms with van der Waals surface area (Å²) in [5, 5.41) is 13.7. The first-order valence-corrected chi connectivity index (χ1v) is 6.12. The first-order chi connectivity index (χ1) is 8.78. The van der Waals surface area contributed by atoms with Gasteiger partial charge in [0.25, 0.3) is 0 Å². The molecule has 0 aliphatic heterocycles. The van der Waals surface area contributed by atoms with Crippen molar-refractivity contribution in [2.75, 3.05) is 6.54 Å². The normalized spacial score (nSPS) is 23.1. The van der Waals surface area contributed by atoms with Gasteiger partial charge in [-0.1, -0.05) is 0 Å². The van der Waals surface area contributed by atoms with Crippen LogP contribution >= 0.6 is 0 Å². The summed E-state index contributed by atoms with van der Waals surface area (Å²) in [6.45, 7) is -0.0551. The molecular formula is C11H17F3N2O3. The van der Waals surface area contributed by atoms with Gasteiger partial charge in [0.1, 0.15) is 0 Å². The lowest BCUT2D eigenvalue weighted by atomic mass is 10.1. The molecular weight excluding hydrogens is 265 g/mol. The second kappa shape index (κ2) is 6.63. The molecule has 1 saturated carbocycles. The van der Waals surface area contributed by atoms with E-state index < -0.39 is 30.5 Å². The fraction of sp³-hybridized carbons (Fsp3) is 0.818. The molecule has 0 aromatic heterocycles. The summed E-state index contributed by atoms with van der Waals surface area (Å²) in [5.74, 6) is -1.33. The summed E-state index contributed by atoms with van der Waals surface area (Å²) < 4.78 is 35.5. The van der Waals surface area contributed by atoms with E-state index in [2.05, 4.69) is 10.6 Å². The van der Waals surface area contributed by atoms with Crippen LogP contribution in [0.3, 0.4) is 0 Å². The predicted molar refractivity (Wildman–Crippen MR) is 60.6 cm³/mol. The molecule has 0 aromatic rings. The van der Waals surface area contributed by atoms with E-state index in [0.717, 1.165) is 0 Å². The number of aliphatic carboxylic acids is 1. The zero-order chi connectivity index (χ0) is 14.5. The monoisotopic (exact) mass is 282 g/mol. The third kappa shape index (κ3) is 6.30. The molecule has 0 unspecified atom stereocenters. The van der Waals surface area contributed by atoms with Gasteiger partial charge >= 0.3 is 18.2 Å². The molecule has 1 fully saturated rings. The van der Waals surface area contributed by atoms with E-state index in [1.54, 1.807) is 0 Å². The number of alkyl halides is 3. The summed E-state index contributed by atoms with van der Waals surface area (Å²) in [5.41, 5.74) is 0. The van der Waals surface area contributed by atoms with Crippen molar-refractivity contribution in [3.63, 3.8) is 0 Å². The van der Waals surface area contributed by atoms with Crippen LogP contribution in [0.5, 0.6) is 0 Å². The number of hydrogen-bond donors (Lipinski definition) is 3.